The van der Waals surface area contributed by atoms with E-state index >= 15 is 0 Å². The smallest absolute Gasteiger partial charge is 0.131 e. The van der Waals surface area contributed by atoms with Crippen molar-refractivity contribution in [1.82, 2.24) is 8.80 Å². The molecule has 0 unspecified atom stereocenters. The highest BCUT2D eigenvalue weighted by atomic mass is 15.1. The zero-order chi connectivity index (χ0) is 45.2. The lowest BCUT2D eigenvalue weighted by atomic mass is 9.96. The van der Waals surface area contributed by atoms with Gasteiger partial charge < -0.3 is 4.90 Å². The first kappa shape index (κ1) is 38.0. The Labute approximate surface area is 397 Å². The Kier molecular flexibility index (Phi) is 8.07. The topological polar surface area (TPSA) is 12.1 Å². The molecule has 0 fully saturated rings. The molecule has 0 spiro atoms. The van der Waals surface area contributed by atoms with Gasteiger partial charge in [0.05, 0.1) is 22.1 Å². The molecular formula is C66H41N3. The van der Waals surface area contributed by atoms with Crippen LogP contribution in [0.2, 0.25) is 0 Å². The van der Waals surface area contributed by atoms with Gasteiger partial charge >= 0.3 is 0 Å². The van der Waals surface area contributed by atoms with Gasteiger partial charge in [0, 0.05) is 33.2 Å². The van der Waals surface area contributed by atoms with Crippen molar-refractivity contribution in [3.8, 4) is 33.4 Å². The van der Waals surface area contributed by atoms with Gasteiger partial charge in [-0.1, -0.05) is 176 Å². The fourth-order valence-corrected chi connectivity index (χ4v) is 11.6. The number of benzene rings is 12. The Balaban J connectivity index is 0.829. The Hall–Kier alpha value is -9.18. The van der Waals surface area contributed by atoms with Crippen molar-refractivity contribution in [2.24, 2.45) is 0 Å². The normalized spacial score (nSPS) is 12.1. The van der Waals surface area contributed by atoms with Crippen LogP contribution in [0.25, 0.3) is 120 Å². The molecule has 0 aliphatic carbocycles. The van der Waals surface area contributed by atoms with Crippen LogP contribution in [0, 0.1) is 0 Å². The summed E-state index contributed by atoms with van der Waals surface area (Å²) in [5.41, 5.74) is 16.8. The fourth-order valence-electron chi connectivity index (χ4n) is 11.6. The Bertz CT molecular complexity index is 4400. The molecule has 12 aromatic carbocycles. The molecule has 15 aromatic rings. The zero-order valence-corrected chi connectivity index (χ0v) is 37.5. The summed E-state index contributed by atoms with van der Waals surface area (Å²) in [4.78, 5) is 2.39. The Morgan fingerprint density at radius 3 is 1.32 bits per heavy atom. The van der Waals surface area contributed by atoms with Crippen LogP contribution in [0.4, 0.5) is 17.1 Å². The second kappa shape index (κ2) is 14.7. The molecule has 3 nitrogen and oxygen atoms in total. The molecule has 320 valence electrons. The van der Waals surface area contributed by atoms with Gasteiger partial charge in [-0.25, -0.2) is 0 Å². The van der Waals surface area contributed by atoms with Gasteiger partial charge in [-0.3, -0.25) is 8.80 Å². The average molecular weight is 876 g/mol. The molecule has 0 radical (unpaired) electrons. The summed E-state index contributed by atoms with van der Waals surface area (Å²) in [5, 5.41) is 13.8. The molecule has 15 rings (SSSR count). The van der Waals surface area contributed by atoms with Crippen molar-refractivity contribution in [3.05, 3.63) is 249 Å². The number of fused-ring (bicyclic) bond motifs is 14. The fraction of sp³-hybridized carbons (Fsp3) is 0. The van der Waals surface area contributed by atoms with E-state index in [1.807, 2.05) is 0 Å². The summed E-state index contributed by atoms with van der Waals surface area (Å²) in [6.45, 7) is 0. The summed E-state index contributed by atoms with van der Waals surface area (Å²) in [7, 11) is 0. The summed E-state index contributed by atoms with van der Waals surface area (Å²) in [6.07, 6.45) is 0. The predicted molar refractivity (Wildman–Crippen MR) is 293 cm³/mol. The van der Waals surface area contributed by atoms with Gasteiger partial charge in [0.1, 0.15) is 5.65 Å². The van der Waals surface area contributed by atoms with Gasteiger partial charge in [-0.15, -0.1) is 0 Å². The van der Waals surface area contributed by atoms with E-state index in [4.69, 9.17) is 0 Å². The van der Waals surface area contributed by atoms with Gasteiger partial charge in [-0.2, -0.15) is 0 Å². The second-order valence-corrected chi connectivity index (χ2v) is 18.5. The third-order valence-electron chi connectivity index (χ3n) is 14.8. The minimum atomic E-state index is 1.10. The zero-order valence-electron chi connectivity index (χ0n) is 37.5. The molecule has 69 heavy (non-hydrogen) atoms. The summed E-state index contributed by atoms with van der Waals surface area (Å²) in [6, 6.07) is 91.7. The number of imidazole rings is 1. The maximum Gasteiger partial charge on any atom is 0.131 e. The maximum absolute atomic E-state index is 2.45. The van der Waals surface area contributed by atoms with E-state index in [-0.39, 0.29) is 0 Å². The van der Waals surface area contributed by atoms with E-state index in [1.165, 1.54) is 120 Å². The first-order chi connectivity index (χ1) is 34.2. The molecule has 0 saturated carbocycles. The number of hydrogen-bond acceptors (Lipinski definition) is 1. The van der Waals surface area contributed by atoms with Crippen LogP contribution in [0.15, 0.2) is 249 Å². The molecule has 0 bridgehead atoms. The lowest BCUT2D eigenvalue weighted by molar-refractivity contribution is 1.28. The summed E-state index contributed by atoms with van der Waals surface area (Å²) < 4.78 is 4.89. The van der Waals surface area contributed by atoms with Crippen LogP contribution >= 0.6 is 0 Å². The van der Waals surface area contributed by atoms with Gasteiger partial charge in [-0.05, 0) is 149 Å². The maximum atomic E-state index is 2.45. The van der Waals surface area contributed by atoms with Crippen molar-refractivity contribution in [2.75, 3.05) is 4.90 Å². The highest BCUT2D eigenvalue weighted by Gasteiger charge is 2.23. The highest BCUT2D eigenvalue weighted by molar-refractivity contribution is 6.24. The monoisotopic (exact) mass is 875 g/mol. The van der Waals surface area contributed by atoms with Crippen LogP contribution in [0.3, 0.4) is 0 Å². The van der Waals surface area contributed by atoms with Crippen LogP contribution in [-0.4, -0.2) is 8.80 Å². The van der Waals surface area contributed by atoms with E-state index in [9.17, 15) is 0 Å². The Morgan fingerprint density at radius 1 is 0.246 bits per heavy atom. The number of para-hydroxylation sites is 3. The summed E-state index contributed by atoms with van der Waals surface area (Å²) in [5.74, 6) is 0. The third kappa shape index (κ3) is 5.68. The van der Waals surface area contributed by atoms with Crippen molar-refractivity contribution < 1.29 is 0 Å². The van der Waals surface area contributed by atoms with Crippen molar-refractivity contribution >= 4 is 104 Å². The standard InChI is InChI=1S/C66H41N3/c1-3-15-53-42(11-1)13-9-18-55(53)44-25-31-50(32-26-44)67(51-33-27-45(28-34-51)56-19-10-14-43-12-2-4-16-54(43)56)52-35-37-58-49(40-52)24-23-48-39-46(29-36-57(48)58)47-30-38-62-60(41-47)65-59-17-5-6-20-61(59)68-63-21-7-8-22-64(63)69(62)66(65)68/h1-41H. The van der Waals surface area contributed by atoms with Crippen LogP contribution in [0.5, 0.6) is 0 Å². The molecule has 3 heterocycles. The second-order valence-electron chi connectivity index (χ2n) is 18.5. The Morgan fingerprint density at radius 2 is 0.696 bits per heavy atom. The molecule has 0 aliphatic rings. The minimum Gasteiger partial charge on any atom is -0.310 e. The van der Waals surface area contributed by atoms with E-state index in [1.54, 1.807) is 0 Å². The first-order valence-corrected chi connectivity index (χ1v) is 23.8. The van der Waals surface area contributed by atoms with Crippen LogP contribution in [-0.2, 0) is 0 Å². The van der Waals surface area contributed by atoms with Crippen LogP contribution < -0.4 is 4.90 Å². The van der Waals surface area contributed by atoms with E-state index in [0.717, 1.165) is 17.1 Å². The lowest BCUT2D eigenvalue weighted by Gasteiger charge is -2.26. The number of aromatic nitrogens is 2. The minimum absolute atomic E-state index is 1.10. The quantitative estimate of drug-likeness (QED) is 0.152. The van der Waals surface area contributed by atoms with Gasteiger partial charge in [0.2, 0.25) is 0 Å². The third-order valence-corrected chi connectivity index (χ3v) is 14.8. The predicted octanol–water partition coefficient (Wildman–Crippen LogP) is 18.2. The highest BCUT2D eigenvalue weighted by Crippen LogP contribution is 2.44. The lowest BCUT2D eigenvalue weighted by Crippen LogP contribution is -2.09. The number of rotatable bonds is 6. The summed E-state index contributed by atoms with van der Waals surface area (Å²) >= 11 is 0. The first-order valence-electron chi connectivity index (χ1n) is 23.8. The SMILES string of the molecule is c1ccc2c(-c3ccc(N(c4ccc(-c5cccc6ccccc56)cc4)c4ccc5c(ccc6cc(-c7ccc8c(c7)c7c9ccccc9n9c%10ccccc%10n8c79)ccc65)c4)cc3)cccc2c1. The molecule has 0 aliphatic heterocycles. The molecular weight excluding hydrogens is 835 g/mol. The molecule has 0 N–H and O–H groups in total. The van der Waals surface area contributed by atoms with E-state index < -0.39 is 0 Å². The number of anilines is 3. The van der Waals surface area contributed by atoms with E-state index in [2.05, 4.69) is 262 Å². The molecule has 3 aromatic heterocycles. The van der Waals surface area contributed by atoms with Gasteiger partial charge in [0.25, 0.3) is 0 Å². The van der Waals surface area contributed by atoms with Crippen molar-refractivity contribution in [1.29, 1.82) is 0 Å². The molecule has 0 atom stereocenters. The van der Waals surface area contributed by atoms with Crippen molar-refractivity contribution in [2.45, 2.75) is 0 Å². The van der Waals surface area contributed by atoms with Gasteiger partial charge in [0.15, 0.2) is 0 Å². The average Bonchev–Trinajstić information content (AvgIpc) is 4.06. The van der Waals surface area contributed by atoms with E-state index in [0.29, 0.717) is 0 Å². The largest absolute Gasteiger partial charge is 0.310 e. The number of nitrogens with zero attached hydrogens (tertiary/aromatic N) is 3. The number of hydrogen-bond donors (Lipinski definition) is 0. The van der Waals surface area contributed by atoms with Crippen molar-refractivity contribution in [3.63, 3.8) is 0 Å². The molecule has 0 amide bonds. The molecule has 3 heteroatoms. The van der Waals surface area contributed by atoms with Crippen LogP contribution in [0.1, 0.15) is 0 Å². The molecule has 0 saturated heterocycles.